The third-order valence-corrected chi connectivity index (χ3v) is 6.02. The summed E-state index contributed by atoms with van der Waals surface area (Å²) in [6, 6.07) is 27.0. The van der Waals surface area contributed by atoms with Crippen LogP contribution in [0.2, 0.25) is 5.02 Å². The van der Waals surface area contributed by atoms with Crippen LogP contribution in [-0.4, -0.2) is 32.1 Å². The molecule has 0 aliphatic carbocycles. The standard InChI is InChI=1S/C25H22ClN5OS/c1-2-22(18-9-5-3-6-10-18)27-28-23(32)17-33-25-30-29-24(19-13-15-20(26)16-14-19)31(25)21-11-7-4-8-12-21/h3-16H,2,17H2,1H3,(H,28,32). The average Bonchev–Trinajstić information content (AvgIpc) is 3.29. The molecule has 0 aliphatic heterocycles. The third-order valence-electron chi connectivity index (χ3n) is 4.84. The molecule has 0 spiro atoms. The lowest BCUT2D eigenvalue weighted by molar-refractivity contribution is -0.118. The van der Waals surface area contributed by atoms with Gasteiger partial charge in [-0.25, -0.2) is 5.43 Å². The SMILES string of the molecule is CCC(=NNC(=O)CSc1nnc(-c2ccc(Cl)cc2)n1-c1ccccc1)c1ccccc1. The van der Waals surface area contributed by atoms with Crippen molar-refractivity contribution in [3.05, 3.63) is 95.5 Å². The van der Waals surface area contributed by atoms with E-state index in [-0.39, 0.29) is 11.7 Å². The van der Waals surface area contributed by atoms with Gasteiger partial charge in [0.25, 0.3) is 5.91 Å². The molecule has 1 aromatic heterocycles. The zero-order valence-corrected chi connectivity index (χ0v) is 19.6. The van der Waals surface area contributed by atoms with Gasteiger partial charge in [0, 0.05) is 16.3 Å². The molecule has 0 saturated carbocycles. The van der Waals surface area contributed by atoms with Crippen molar-refractivity contribution < 1.29 is 4.79 Å². The lowest BCUT2D eigenvalue weighted by Gasteiger charge is -2.10. The van der Waals surface area contributed by atoms with Gasteiger partial charge in [-0.1, -0.05) is 78.8 Å². The van der Waals surface area contributed by atoms with Crippen LogP contribution in [0.5, 0.6) is 0 Å². The molecule has 0 radical (unpaired) electrons. The van der Waals surface area contributed by atoms with Gasteiger partial charge < -0.3 is 0 Å². The van der Waals surface area contributed by atoms with Crippen LogP contribution in [-0.2, 0) is 4.79 Å². The van der Waals surface area contributed by atoms with Crippen molar-refractivity contribution in [2.75, 3.05) is 5.75 Å². The van der Waals surface area contributed by atoms with Gasteiger partial charge in [0.15, 0.2) is 11.0 Å². The van der Waals surface area contributed by atoms with Crippen molar-refractivity contribution in [1.82, 2.24) is 20.2 Å². The van der Waals surface area contributed by atoms with E-state index in [0.29, 0.717) is 22.4 Å². The van der Waals surface area contributed by atoms with Gasteiger partial charge in [-0.2, -0.15) is 5.10 Å². The summed E-state index contributed by atoms with van der Waals surface area (Å²) in [4.78, 5) is 12.5. The zero-order valence-electron chi connectivity index (χ0n) is 18.0. The predicted octanol–water partition coefficient (Wildman–Crippen LogP) is 5.61. The van der Waals surface area contributed by atoms with Gasteiger partial charge in [0.05, 0.1) is 11.5 Å². The molecule has 0 aliphatic rings. The molecule has 0 fully saturated rings. The number of carbonyl (C=O) groups excluding carboxylic acids is 1. The lowest BCUT2D eigenvalue weighted by Crippen LogP contribution is -2.22. The van der Waals surface area contributed by atoms with E-state index in [4.69, 9.17) is 11.6 Å². The van der Waals surface area contributed by atoms with Crippen LogP contribution in [0.4, 0.5) is 0 Å². The highest BCUT2D eigenvalue weighted by Crippen LogP contribution is 2.28. The maximum Gasteiger partial charge on any atom is 0.250 e. The molecule has 1 heterocycles. The summed E-state index contributed by atoms with van der Waals surface area (Å²) < 4.78 is 1.94. The third kappa shape index (κ3) is 5.69. The first-order chi connectivity index (χ1) is 16.2. The van der Waals surface area contributed by atoms with Crippen LogP contribution in [0.1, 0.15) is 18.9 Å². The molecule has 0 unspecified atom stereocenters. The first-order valence-electron chi connectivity index (χ1n) is 10.5. The summed E-state index contributed by atoms with van der Waals surface area (Å²) in [6.45, 7) is 2.01. The number of hydrogen-bond donors (Lipinski definition) is 1. The first kappa shape index (κ1) is 22.8. The number of nitrogens with zero attached hydrogens (tertiary/aromatic N) is 4. The smallest absolute Gasteiger partial charge is 0.250 e. The molecule has 1 amide bonds. The van der Waals surface area contributed by atoms with Crippen LogP contribution in [0.15, 0.2) is 95.2 Å². The van der Waals surface area contributed by atoms with E-state index in [1.807, 2.05) is 96.4 Å². The lowest BCUT2D eigenvalue weighted by atomic mass is 10.1. The Bertz CT molecular complexity index is 1240. The van der Waals surface area contributed by atoms with E-state index >= 15 is 0 Å². The molecular weight excluding hydrogens is 454 g/mol. The largest absolute Gasteiger partial charge is 0.272 e. The number of amides is 1. The molecule has 0 saturated heterocycles. The Kier molecular flexibility index (Phi) is 7.55. The highest BCUT2D eigenvalue weighted by Gasteiger charge is 2.17. The maximum atomic E-state index is 12.5. The van der Waals surface area contributed by atoms with Gasteiger partial charge in [-0.15, -0.1) is 10.2 Å². The Labute approximate surface area is 201 Å². The number of para-hydroxylation sites is 1. The average molecular weight is 476 g/mol. The van der Waals surface area contributed by atoms with Crippen molar-refractivity contribution in [1.29, 1.82) is 0 Å². The number of rotatable bonds is 8. The number of nitrogens with one attached hydrogen (secondary N) is 1. The number of thioether (sulfide) groups is 1. The molecule has 166 valence electrons. The predicted molar refractivity (Wildman–Crippen MR) is 134 cm³/mol. The van der Waals surface area contributed by atoms with Crippen LogP contribution < -0.4 is 5.43 Å². The normalized spacial score (nSPS) is 11.4. The zero-order chi connectivity index (χ0) is 23.0. The van der Waals surface area contributed by atoms with Gasteiger partial charge in [0.2, 0.25) is 0 Å². The van der Waals surface area contributed by atoms with Gasteiger partial charge in [-0.3, -0.25) is 9.36 Å². The summed E-state index contributed by atoms with van der Waals surface area (Å²) in [6.07, 6.45) is 0.713. The Hall–Kier alpha value is -3.42. The molecule has 3 aromatic carbocycles. The summed E-state index contributed by atoms with van der Waals surface area (Å²) in [5, 5.41) is 14.3. The van der Waals surface area contributed by atoms with Crippen molar-refractivity contribution in [2.45, 2.75) is 18.5 Å². The highest BCUT2D eigenvalue weighted by molar-refractivity contribution is 7.99. The second-order valence-corrected chi connectivity index (χ2v) is 8.46. The maximum absolute atomic E-state index is 12.5. The molecule has 8 heteroatoms. The fourth-order valence-corrected chi connectivity index (χ4v) is 4.10. The molecule has 4 aromatic rings. The first-order valence-corrected chi connectivity index (χ1v) is 11.8. The van der Waals surface area contributed by atoms with Crippen molar-refractivity contribution in [3.63, 3.8) is 0 Å². The fraction of sp³-hybridized carbons (Fsp3) is 0.120. The number of carbonyl (C=O) groups is 1. The Morgan fingerprint density at radius 1 is 0.970 bits per heavy atom. The molecule has 4 rings (SSSR count). The number of hydrazone groups is 1. The fourth-order valence-electron chi connectivity index (χ4n) is 3.23. The van der Waals surface area contributed by atoms with Crippen LogP contribution in [0.3, 0.4) is 0 Å². The van der Waals surface area contributed by atoms with Crippen LogP contribution in [0.25, 0.3) is 17.1 Å². The summed E-state index contributed by atoms with van der Waals surface area (Å²) >= 11 is 7.35. The van der Waals surface area contributed by atoms with Crippen LogP contribution >= 0.6 is 23.4 Å². The quantitative estimate of drug-likeness (QED) is 0.204. The molecule has 0 atom stereocenters. The van der Waals surface area contributed by atoms with Gasteiger partial charge >= 0.3 is 0 Å². The van der Waals surface area contributed by atoms with E-state index in [1.54, 1.807) is 0 Å². The second-order valence-electron chi connectivity index (χ2n) is 7.09. The topological polar surface area (TPSA) is 72.2 Å². The van der Waals surface area contributed by atoms with Crippen LogP contribution in [0, 0.1) is 0 Å². The highest BCUT2D eigenvalue weighted by atomic mass is 35.5. The summed E-state index contributed by atoms with van der Waals surface area (Å²) in [5.74, 6) is 0.620. The summed E-state index contributed by atoms with van der Waals surface area (Å²) in [5.41, 5.74) is 6.27. The Morgan fingerprint density at radius 3 is 2.30 bits per heavy atom. The second kappa shape index (κ2) is 10.9. The number of benzene rings is 3. The minimum atomic E-state index is -0.211. The minimum Gasteiger partial charge on any atom is -0.272 e. The van der Waals surface area contributed by atoms with E-state index < -0.39 is 0 Å². The monoisotopic (exact) mass is 475 g/mol. The molecule has 1 N–H and O–H groups in total. The van der Waals surface area contributed by atoms with E-state index in [0.717, 1.165) is 22.5 Å². The molecule has 6 nitrogen and oxygen atoms in total. The van der Waals surface area contributed by atoms with Crippen molar-refractivity contribution in [2.24, 2.45) is 5.10 Å². The molecule has 33 heavy (non-hydrogen) atoms. The van der Waals surface area contributed by atoms with E-state index in [1.165, 1.54) is 11.8 Å². The van der Waals surface area contributed by atoms with Crippen molar-refractivity contribution >= 4 is 35.0 Å². The summed E-state index contributed by atoms with van der Waals surface area (Å²) in [7, 11) is 0. The number of halogens is 1. The van der Waals surface area contributed by atoms with E-state index in [2.05, 4.69) is 20.7 Å². The minimum absolute atomic E-state index is 0.154. The Morgan fingerprint density at radius 2 is 1.64 bits per heavy atom. The number of aromatic nitrogens is 3. The Balaban J connectivity index is 1.53. The number of hydrogen-bond acceptors (Lipinski definition) is 5. The van der Waals surface area contributed by atoms with Gasteiger partial charge in [0.1, 0.15) is 0 Å². The van der Waals surface area contributed by atoms with Crippen molar-refractivity contribution in [3.8, 4) is 17.1 Å². The van der Waals surface area contributed by atoms with Gasteiger partial charge in [-0.05, 0) is 48.4 Å². The molecular formula is C25H22ClN5OS. The molecule has 0 bridgehead atoms. The van der Waals surface area contributed by atoms with E-state index in [9.17, 15) is 4.79 Å².